The quantitative estimate of drug-likeness (QED) is 0.701. The lowest BCUT2D eigenvalue weighted by molar-refractivity contribution is -0.127. The lowest BCUT2D eigenvalue weighted by atomic mass is 9.92. The molecule has 2 aliphatic carbocycles. The third-order valence-electron chi connectivity index (χ3n) is 4.97. The molecule has 3 N–H and O–H groups in total. The number of fused-ring (bicyclic) bond motifs is 2. The topological polar surface area (TPSA) is 58.4 Å². The predicted octanol–water partition coefficient (Wildman–Crippen LogP) is 0.877. The standard InChI is InChI=1S/C13H23N3O/c14-16-5-3-10(4-6-16)13(17)15-12-8-9-1-2-11(12)7-9/h9-12H,1-8,14H2,(H,15,17). The van der Waals surface area contributed by atoms with E-state index in [1.807, 2.05) is 5.01 Å². The maximum absolute atomic E-state index is 12.2. The van der Waals surface area contributed by atoms with Crippen molar-refractivity contribution in [2.45, 2.75) is 44.6 Å². The maximum atomic E-state index is 12.2. The predicted molar refractivity (Wildman–Crippen MR) is 65.9 cm³/mol. The molecule has 0 aromatic heterocycles. The van der Waals surface area contributed by atoms with E-state index in [1.165, 1.54) is 25.7 Å². The van der Waals surface area contributed by atoms with E-state index in [9.17, 15) is 4.79 Å². The third kappa shape index (κ3) is 2.33. The molecule has 4 heteroatoms. The van der Waals surface area contributed by atoms with Gasteiger partial charge in [0.2, 0.25) is 5.91 Å². The van der Waals surface area contributed by atoms with E-state index < -0.39 is 0 Å². The van der Waals surface area contributed by atoms with Crippen LogP contribution in [0.3, 0.4) is 0 Å². The van der Waals surface area contributed by atoms with Gasteiger partial charge in [0.25, 0.3) is 0 Å². The van der Waals surface area contributed by atoms with E-state index in [2.05, 4.69) is 5.32 Å². The van der Waals surface area contributed by atoms with E-state index in [-0.39, 0.29) is 11.8 Å². The molecule has 3 rings (SSSR count). The number of piperidine rings is 1. The summed E-state index contributed by atoms with van der Waals surface area (Å²) in [6.07, 6.45) is 7.14. The van der Waals surface area contributed by atoms with E-state index in [0.717, 1.165) is 37.8 Å². The molecule has 3 unspecified atom stereocenters. The molecule has 2 saturated carbocycles. The Bertz CT molecular complexity index is 299. The Morgan fingerprint density at radius 3 is 2.47 bits per heavy atom. The van der Waals surface area contributed by atoms with Gasteiger partial charge in [0.15, 0.2) is 0 Å². The lowest BCUT2D eigenvalue weighted by Gasteiger charge is -2.30. The van der Waals surface area contributed by atoms with Crippen molar-refractivity contribution in [1.29, 1.82) is 0 Å². The molecule has 96 valence electrons. The molecular formula is C13H23N3O. The van der Waals surface area contributed by atoms with Crippen LogP contribution in [0.4, 0.5) is 0 Å². The largest absolute Gasteiger partial charge is 0.353 e. The van der Waals surface area contributed by atoms with Gasteiger partial charge in [-0.3, -0.25) is 10.6 Å². The summed E-state index contributed by atoms with van der Waals surface area (Å²) in [5.41, 5.74) is 0. The van der Waals surface area contributed by atoms with Gasteiger partial charge in [-0.05, 0) is 43.9 Å². The van der Waals surface area contributed by atoms with E-state index in [0.29, 0.717) is 6.04 Å². The summed E-state index contributed by atoms with van der Waals surface area (Å²) in [5, 5.41) is 5.12. The summed E-state index contributed by atoms with van der Waals surface area (Å²) in [4.78, 5) is 12.2. The van der Waals surface area contributed by atoms with Gasteiger partial charge in [0, 0.05) is 25.0 Å². The molecule has 3 atom stereocenters. The second kappa shape index (κ2) is 4.58. The smallest absolute Gasteiger partial charge is 0.223 e. The number of amides is 1. The van der Waals surface area contributed by atoms with Crippen LogP contribution in [0.1, 0.15) is 38.5 Å². The fraction of sp³-hybridized carbons (Fsp3) is 0.923. The molecule has 1 amide bonds. The Labute approximate surface area is 103 Å². The lowest BCUT2D eigenvalue weighted by Crippen LogP contribution is -2.46. The van der Waals surface area contributed by atoms with Gasteiger partial charge in [-0.15, -0.1) is 0 Å². The summed E-state index contributed by atoms with van der Waals surface area (Å²) in [5.74, 6) is 7.88. The zero-order valence-corrected chi connectivity index (χ0v) is 10.4. The first-order chi connectivity index (χ1) is 8.22. The van der Waals surface area contributed by atoms with Crippen molar-refractivity contribution in [2.75, 3.05) is 13.1 Å². The van der Waals surface area contributed by atoms with Crippen molar-refractivity contribution >= 4 is 5.91 Å². The number of nitrogens with zero attached hydrogens (tertiary/aromatic N) is 1. The number of rotatable bonds is 2. The van der Waals surface area contributed by atoms with Gasteiger partial charge < -0.3 is 5.32 Å². The monoisotopic (exact) mass is 237 g/mol. The van der Waals surface area contributed by atoms with Crippen molar-refractivity contribution in [2.24, 2.45) is 23.6 Å². The van der Waals surface area contributed by atoms with Crippen molar-refractivity contribution in [3.05, 3.63) is 0 Å². The molecule has 0 aromatic carbocycles. The molecule has 2 bridgehead atoms. The zero-order chi connectivity index (χ0) is 11.8. The van der Waals surface area contributed by atoms with Gasteiger partial charge in [-0.2, -0.15) is 0 Å². The average molecular weight is 237 g/mol. The Morgan fingerprint density at radius 2 is 1.88 bits per heavy atom. The van der Waals surface area contributed by atoms with Gasteiger partial charge in [0.05, 0.1) is 0 Å². The normalized spacial score (nSPS) is 38.5. The molecule has 0 aromatic rings. The van der Waals surface area contributed by atoms with Crippen LogP contribution in [0.25, 0.3) is 0 Å². The Balaban J connectivity index is 1.50. The molecule has 3 aliphatic rings. The minimum Gasteiger partial charge on any atom is -0.353 e. The summed E-state index contributed by atoms with van der Waals surface area (Å²) in [6, 6.07) is 0.483. The van der Waals surface area contributed by atoms with Crippen molar-refractivity contribution in [3.63, 3.8) is 0 Å². The fourth-order valence-corrected chi connectivity index (χ4v) is 3.88. The second-order valence-electron chi connectivity index (χ2n) is 6.10. The van der Waals surface area contributed by atoms with Crippen LogP contribution in [-0.2, 0) is 4.79 Å². The molecule has 3 fully saturated rings. The number of hydrazine groups is 1. The summed E-state index contributed by atoms with van der Waals surface area (Å²) in [6.45, 7) is 1.71. The van der Waals surface area contributed by atoms with Gasteiger partial charge in [-0.25, -0.2) is 5.01 Å². The van der Waals surface area contributed by atoms with Gasteiger partial charge >= 0.3 is 0 Å². The zero-order valence-electron chi connectivity index (χ0n) is 10.4. The highest BCUT2D eigenvalue weighted by Gasteiger charge is 2.40. The molecule has 0 spiro atoms. The van der Waals surface area contributed by atoms with Gasteiger partial charge in [-0.1, -0.05) is 6.42 Å². The van der Waals surface area contributed by atoms with Crippen LogP contribution < -0.4 is 11.2 Å². The summed E-state index contributed by atoms with van der Waals surface area (Å²) >= 11 is 0. The van der Waals surface area contributed by atoms with Crippen LogP contribution in [-0.4, -0.2) is 30.0 Å². The first-order valence-electron chi connectivity index (χ1n) is 7.02. The van der Waals surface area contributed by atoms with E-state index >= 15 is 0 Å². The minimum absolute atomic E-state index is 0.203. The Morgan fingerprint density at radius 1 is 1.12 bits per heavy atom. The highest BCUT2D eigenvalue weighted by Crippen LogP contribution is 2.44. The number of hydrogen-bond donors (Lipinski definition) is 2. The van der Waals surface area contributed by atoms with E-state index in [4.69, 9.17) is 5.84 Å². The fourth-order valence-electron chi connectivity index (χ4n) is 3.88. The highest BCUT2D eigenvalue weighted by molar-refractivity contribution is 5.79. The van der Waals surface area contributed by atoms with Crippen molar-refractivity contribution in [3.8, 4) is 0 Å². The summed E-state index contributed by atoms with van der Waals surface area (Å²) in [7, 11) is 0. The maximum Gasteiger partial charge on any atom is 0.223 e. The number of carbonyl (C=O) groups is 1. The third-order valence-corrected chi connectivity index (χ3v) is 4.97. The number of carbonyl (C=O) groups excluding carboxylic acids is 1. The average Bonchev–Trinajstić information content (AvgIpc) is 2.91. The van der Waals surface area contributed by atoms with Crippen LogP contribution in [0.2, 0.25) is 0 Å². The Hall–Kier alpha value is -0.610. The van der Waals surface area contributed by atoms with Crippen LogP contribution in [0, 0.1) is 17.8 Å². The molecule has 17 heavy (non-hydrogen) atoms. The van der Waals surface area contributed by atoms with Crippen LogP contribution >= 0.6 is 0 Å². The number of hydrogen-bond acceptors (Lipinski definition) is 3. The second-order valence-corrected chi connectivity index (χ2v) is 6.10. The van der Waals surface area contributed by atoms with Crippen molar-refractivity contribution < 1.29 is 4.79 Å². The summed E-state index contributed by atoms with van der Waals surface area (Å²) < 4.78 is 0. The molecular weight excluding hydrogens is 214 g/mol. The van der Waals surface area contributed by atoms with Gasteiger partial charge in [0.1, 0.15) is 0 Å². The number of nitrogens with one attached hydrogen (secondary N) is 1. The SMILES string of the molecule is NN1CCC(C(=O)NC2CC3CCC2C3)CC1. The first-order valence-corrected chi connectivity index (χ1v) is 7.02. The molecule has 1 saturated heterocycles. The molecule has 4 nitrogen and oxygen atoms in total. The molecule has 0 radical (unpaired) electrons. The first kappa shape index (κ1) is 11.5. The molecule has 1 aliphatic heterocycles. The minimum atomic E-state index is 0.203. The van der Waals surface area contributed by atoms with Crippen LogP contribution in [0.5, 0.6) is 0 Å². The Kier molecular flexibility index (Phi) is 3.09. The van der Waals surface area contributed by atoms with Crippen LogP contribution in [0.15, 0.2) is 0 Å². The van der Waals surface area contributed by atoms with Crippen molar-refractivity contribution in [1.82, 2.24) is 10.3 Å². The number of nitrogens with two attached hydrogens (primary N) is 1. The highest BCUT2D eigenvalue weighted by atomic mass is 16.2. The van der Waals surface area contributed by atoms with E-state index in [1.54, 1.807) is 0 Å². The molecule has 1 heterocycles.